The number of rotatable bonds is 4. The van der Waals surface area contributed by atoms with Crippen molar-refractivity contribution in [1.82, 2.24) is 15.5 Å². The van der Waals surface area contributed by atoms with Crippen molar-refractivity contribution < 1.29 is 9.90 Å². The van der Waals surface area contributed by atoms with Gasteiger partial charge in [-0.25, -0.2) is 0 Å². The zero-order valence-corrected chi connectivity index (χ0v) is 9.16. The predicted molar refractivity (Wildman–Crippen MR) is 59.0 cm³/mol. The molecule has 0 saturated heterocycles. The number of aliphatic hydroxyl groups excluding tert-OH is 1. The van der Waals surface area contributed by atoms with E-state index in [0.717, 1.165) is 18.5 Å². The van der Waals surface area contributed by atoms with Crippen LogP contribution in [0, 0.1) is 0 Å². The van der Waals surface area contributed by atoms with Gasteiger partial charge in [0.25, 0.3) is 5.91 Å². The van der Waals surface area contributed by atoms with Gasteiger partial charge in [0.2, 0.25) is 0 Å². The Labute approximate surface area is 93.2 Å². The number of carbonyl (C=O) groups excluding carboxylic acids is 1. The van der Waals surface area contributed by atoms with Gasteiger partial charge >= 0.3 is 0 Å². The van der Waals surface area contributed by atoms with Crippen LogP contribution in [0.25, 0.3) is 0 Å². The number of H-pyrrole nitrogens is 1. The Morgan fingerprint density at radius 1 is 1.75 bits per heavy atom. The first kappa shape index (κ1) is 10.9. The van der Waals surface area contributed by atoms with Crippen molar-refractivity contribution in [3.8, 4) is 0 Å². The molecule has 5 N–H and O–H groups in total. The smallest absolute Gasteiger partial charge is 0.274 e. The van der Waals surface area contributed by atoms with Crippen LogP contribution in [0.2, 0.25) is 0 Å². The highest BCUT2D eigenvalue weighted by molar-refractivity contribution is 5.97. The molecular formula is C10H16N4O2. The topological polar surface area (TPSA) is 104 Å². The van der Waals surface area contributed by atoms with Crippen LogP contribution >= 0.6 is 0 Å². The largest absolute Gasteiger partial charge is 0.395 e. The van der Waals surface area contributed by atoms with Crippen LogP contribution < -0.4 is 11.1 Å². The Kier molecular flexibility index (Phi) is 2.82. The van der Waals surface area contributed by atoms with E-state index >= 15 is 0 Å². The predicted octanol–water partition coefficient (Wildman–Crippen LogP) is -0.0201. The summed E-state index contributed by atoms with van der Waals surface area (Å²) in [5.41, 5.74) is 7.37. The van der Waals surface area contributed by atoms with Crippen LogP contribution in [-0.4, -0.2) is 33.9 Å². The molecule has 0 bridgehead atoms. The van der Waals surface area contributed by atoms with Gasteiger partial charge in [0.1, 0.15) is 0 Å². The van der Waals surface area contributed by atoms with Crippen LogP contribution in [0.1, 0.15) is 41.9 Å². The lowest BCUT2D eigenvalue weighted by Crippen LogP contribution is -2.35. The molecule has 1 saturated carbocycles. The fourth-order valence-corrected chi connectivity index (χ4v) is 1.56. The van der Waals surface area contributed by atoms with Crippen molar-refractivity contribution >= 4 is 11.6 Å². The third-order valence-corrected chi connectivity index (χ3v) is 2.69. The van der Waals surface area contributed by atoms with Crippen molar-refractivity contribution in [2.75, 3.05) is 12.3 Å². The summed E-state index contributed by atoms with van der Waals surface area (Å²) in [5.74, 6) is 0.0894. The molecule has 88 valence electrons. The number of nitrogens with zero attached hydrogens (tertiary/aromatic N) is 1. The van der Waals surface area contributed by atoms with E-state index < -0.39 is 0 Å². The average Bonchev–Trinajstić information content (AvgIpc) is 3.02. The normalized spacial score (nSPS) is 17.1. The van der Waals surface area contributed by atoms with E-state index in [1.165, 1.54) is 0 Å². The van der Waals surface area contributed by atoms with Gasteiger partial charge in [-0.2, -0.15) is 5.10 Å². The molecular weight excluding hydrogens is 208 g/mol. The summed E-state index contributed by atoms with van der Waals surface area (Å²) in [6.45, 7) is 1.61. The van der Waals surface area contributed by atoms with E-state index in [9.17, 15) is 4.79 Å². The van der Waals surface area contributed by atoms with Gasteiger partial charge in [0, 0.05) is 12.0 Å². The van der Waals surface area contributed by atoms with Crippen molar-refractivity contribution in [2.45, 2.75) is 31.7 Å². The number of hydrogen-bond acceptors (Lipinski definition) is 4. The van der Waals surface area contributed by atoms with E-state index in [1.807, 2.05) is 0 Å². The summed E-state index contributed by atoms with van der Waals surface area (Å²) in [6.07, 6.45) is 2.20. The lowest BCUT2D eigenvalue weighted by Gasteiger charge is -2.09. The number of carbonyl (C=O) groups is 1. The minimum atomic E-state index is -0.345. The van der Waals surface area contributed by atoms with Gasteiger partial charge in [-0.15, -0.1) is 0 Å². The number of nitrogens with two attached hydrogens (primary N) is 1. The molecule has 0 radical (unpaired) electrons. The van der Waals surface area contributed by atoms with Crippen molar-refractivity contribution in [1.29, 1.82) is 0 Å². The second-order valence-corrected chi connectivity index (χ2v) is 4.23. The van der Waals surface area contributed by atoms with Gasteiger partial charge in [-0.3, -0.25) is 9.89 Å². The first-order chi connectivity index (χ1) is 7.63. The number of nitrogens with one attached hydrogen (secondary N) is 2. The zero-order chi connectivity index (χ0) is 11.7. The SMILES string of the molecule is C[C@H](CO)NC(=O)c1n[nH]c(C2CC2)c1N. The van der Waals surface area contributed by atoms with Crippen molar-refractivity contribution in [3.05, 3.63) is 11.4 Å². The second-order valence-electron chi connectivity index (χ2n) is 4.23. The first-order valence-electron chi connectivity index (χ1n) is 5.39. The molecule has 2 rings (SSSR count). The Morgan fingerprint density at radius 3 is 3.00 bits per heavy atom. The van der Waals surface area contributed by atoms with Crippen LogP contribution in [0.4, 0.5) is 5.69 Å². The molecule has 16 heavy (non-hydrogen) atoms. The Morgan fingerprint density at radius 2 is 2.44 bits per heavy atom. The summed E-state index contributed by atoms with van der Waals surface area (Å²) >= 11 is 0. The standard InChI is InChI=1S/C10H16N4O2/c1-5(4-15)12-10(16)9-7(11)8(13-14-9)6-2-3-6/h5-6,15H,2-4,11H2,1H3,(H,12,16)(H,13,14)/t5-/m1/s1. The number of aliphatic hydroxyl groups is 1. The van der Waals surface area contributed by atoms with Gasteiger partial charge in [0.05, 0.1) is 18.0 Å². The summed E-state index contributed by atoms with van der Waals surface area (Å²) < 4.78 is 0. The van der Waals surface area contributed by atoms with E-state index in [2.05, 4.69) is 15.5 Å². The maximum Gasteiger partial charge on any atom is 0.274 e. The summed E-state index contributed by atoms with van der Waals surface area (Å²) in [5, 5.41) is 18.2. The summed E-state index contributed by atoms with van der Waals surface area (Å²) in [7, 11) is 0. The third-order valence-electron chi connectivity index (χ3n) is 2.69. The average molecular weight is 224 g/mol. The van der Waals surface area contributed by atoms with Gasteiger partial charge in [-0.05, 0) is 19.8 Å². The highest BCUT2D eigenvalue weighted by atomic mass is 16.3. The molecule has 0 unspecified atom stereocenters. The molecule has 1 aromatic heterocycles. The van der Waals surface area contributed by atoms with Crippen molar-refractivity contribution in [2.24, 2.45) is 0 Å². The monoisotopic (exact) mass is 224 g/mol. The Bertz CT molecular complexity index is 398. The van der Waals surface area contributed by atoms with Crippen LogP contribution in [0.3, 0.4) is 0 Å². The number of amides is 1. The molecule has 6 heteroatoms. The zero-order valence-electron chi connectivity index (χ0n) is 9.16. The molecule has 1 aliphatic rings. The van der Waals surface area contributed by atoms with Crippen LogP contribution in [0.15, 0.2) is 0 Å². The lowest BCUT2D eigenvalue weighted by molar-refractivity contribution is 0.0918. The molecule has 0 spiro atoms. The maximum atomic E-state index is 11.7. The number of hydrogen-bond donors (Lipinski definition) is 4. The molecule has 1 aromatic rings. The summed E-state index contributed by atoms with van der Waals surface area (Å²) in [6, 6.07) is -0.298. The molecule has 0 aliphatic heterocycles. The summed E-state index contributed by atoms with van der Waals surface area (Å²) in [4.78, 5) is 11.7. The van der Waals surface area contributed by atoms with Gasteiger partial charge in [-0.1, -0.05) is 0 Å². The van der Waals surface area contributed by atoms with E-state index in [1.54, 1.807) is 6.92 Å². The quantitative estimate of drug-likeness (QED) is 0.577. The number of anilines is 1. The molecule has 1 fully saturated rings. The van der Waals surface area contributed by atoms with Crippen LogP contribution in [0.5, 0.6) is 0 Å². The van der Waals surface area contributed by atoms with E-state index in [0.29, 0.717) is 11.6 Å². The second kappa shape index (κ2) is 4.13. The molecule has 0 aromatic carbocycles. The molecule has 6 nitrogen and oxygen atoms in total. The fourth-order valence-electron chi connectivity index (χ4n) is 1.56. The third kappa shape index (κ3) is 2.01. The lowest BCUT2D eigenvalue weighted by atomic mass is 10.2. The Hall–Kier alpha value is -1.56. The van der Waals surface area contributed by atoms with Gasteiger partial charge in [0.15, 0.2) is 5.69 Å². The molecule has 1 heterocycles. The number of nitrogen functional groups attached to an aromatic ring is 1. The minimum Gasteiger partial charge on any atom is -0.395 e. The highest BCUT2D eigenvalue weighted by Crippen LogP contribution is 2.42. The highest BCUT2D eigenvalue weighted by Gasteiger charge is 2.30. The fraction of sp³-hybridized carbons (Fsp3) is 0.600. The van der Waals surface area contributed by atoms with E-state index in [-0.39, 0.29) is 24.2 Å². The molecule has 1 atom stereocenters. The van der Waals surface area contributed by atoms with Crippen molar-refractivity contribution in [3.63, 3.8) is 0 Å². The number of aromatic amines is 1. The maximum absolute atomic E-state index is 11.7. The molecule has 1 amide bonds. The minimum absolute atomic E-state index is 0.106. The molecule has 1 aliphatic carbocycles. The van der Waals surface area contributed by atoms with E-state index in [4.69, 9.17) is 10.8 Å². The van der Waals surface area contributed by atoms with Crippen LogP contribution in [-0.2, 0) is 0 Å². The Balaban J connectivity index is 2.11. The van der Waals surface area contributed by atoms with Gasteiger partial charge < -0.3 is 16.2 Å². The first-order valence-corrected chi connectivity index (χ1v) is 5.39. The number of aromatic nitrogens is 2.